The van der Waals surface area contributed by atoms with Crippen molar-refractivity contribution in [2.45, 2.75) is 58.5 Å². The zero-order chi connectivity index (χ0) is 16.1. The van der Waals surface area contributed by atoms with Crippen molar-refractivity contribution in [3.8, 4) is 0 Å². The molecule has 1 atom stereocenters. The third kappa shape index (κ3) is 2.53. The molecular weight excluding hydrogens is 278 g/mol. The highest BCUT2D eigenvalue weighted by Crippen LogP contribution is 2.59. The first-order chi connectivity index (χ1) is 10.3. The number of carbonyl (C=O) groups excluding carboxylic acids is 2. The van der Waals surface area contributed by atoms with Crippen LogP contribution in [0.1, 0.15) is 47.0 Å². The van der Waals surface area contributed by atoms with Crippen LogP contribution in [0.2, 0.25) is 0 Å². The molecule has 2 heterocycles. The van der Waals surface area contributed by atoms with Gasteiger partial charge in [0.2, 0.25) is 11.8 Å². The van der Waals surface area contributed by atoms with Crippen molar-refractivity contribution >= 4 is 11.8 Å². The molecule has 5 heteroatoms. The molecule has 0 aromatic heterocycles. The molecule has 2 amide bonds. The Labute approximate surface area is 133 Å². The molecule has 0 aromatic carbocycles. The summed E-state index contributed by atoms with van der Waals surface area (Å²) in [4.78, 5) is 29.1. The maximum Gasteiger partial charge on any atom is 0.242 e. The zero-order valence-electron chi connectivity index (χ0n) is 14.3. The minimum absolute atomic E-state index is 0.0830. The second-order valence-electron chi connectivity index (χ2n) is 8.23. The summed E-state index contributed by atoms with van der Waals surface area (Å²) in [6.45, 7) is 11.2. The number of hydrogen-bond acceptors (Lipinski definition) is 3. The van der Waals surface area contributed by atoms with E-state index in [0.29, 0.717) is 6.54 Å². The molecule has 0 radical (unpaired) electrons. The molecule has 1 N–H and O–H groups in total. The molecule has 5 nitrogen and oxygen atoms in total. The van der Waals surface area contributed by atoms with Gasteiger partial charge in [0.05, 0.1) is 12.1 Å². The normalized spacial score (nSPS) is 30.0. The smallest absolute Gasteiger partial charge is 0.242 e. The second kappa shape index (κ2) is 5.22. The van der Waals surface area contributed by atoms with Crippen molar-refractivity contribution in [1.82, 2.24) is 15.1 Å². The Hall–Kier alpha value is -1.10. The van der Waals surface area contributed by atoms with E-state index < -0.39 is 0 Å². The maximum atomic E-state index is 12.9. The van der Waals surface area contributed by atoms with E-state index in [0.717, 1.165) is 32.4 Å². The van der Waals surface area contributed by atoms with Gasteiger partial charge in [-0.15, -0.1) is 0 Å². The van der Waals surface area contributed by atoms with Gasteiger partial charge in [0.1, 0.15) is 0 Å². The van der Waals surface area contributed by atoms with Crippen molar-refractivity contribution in [1.29, 1.82) is 0 Å². The average molecular weight is 307 g/mol. The van der Waals surface area contributed by atoms with Crippen LogP contribution in [0, 0.1) is 11.3 Å². The van der Waals surface area contributed by atoms with E-state index >= 15 is 0 Å². The van der Waals surface area contributed by atoms with Crippen LogP contribution in [0.5, 0.6) is 0 Å². The quantitative estimate of drug-likeness (QED) is 0.835. The molecule has 2 aliphatic heterocycles. The number of nitrogens with zero attached hydrogens (tertiary/aromatic N) is 2. The van der Waals surface area contributed by atoms with Gasteiger partial charge >= 0.3 is 0 Å². The van der Waals surface area contributed by atoms with E-state index in [1.807, 2.05) is 23.6 Å². The number of amides is 2. The fourth-order valence-electron chi connectivity index (χ4n) is 4.71. The first-order valence-corrected chi connectivity index (χ1v) is 8.58. The van der Waals surface area contributed by atoms with Crippen LogP contribution in [0.25, 0.3) is 0 Å². The third-order valence-electron chi connectivity index (χ3n) is 5.74. The predicted octanol–water partition coefficient (Wildman–Crippen LogP) is 1.23. The summed E-state index contributed by atoms with van der Waals surface area (Å²) in [6, 6.07) is 0.177. The highest BCUT2D eigenvalue weighted by Gasteiger charge is 2.59. The number of piperazine rings is 1. The monoisotopic (exact) mass is 307 g/mol. The topological polar surface area (TPSA) is 52.7 Å². The fraction of sp³-hybridized carbons (Fsp3) is 0.882. The lowest BCUT2D eigenvalue weighted by Gasteiger charge is -2.49. The van der Waals surface area contributed by atoms with E-state index in [-0.39, 0.29) is 41.3 Å². The number of hydrogen-bond donors (Lipinski definition) is 1. The Kier molecular flexibility index (Phi) is 3.75. The van der Waals surface area contributed by atoms with Crippen molar-refractivity contribution in [2.24, 2.45) is 11.3 Å². The Morgan fingerprint density at radius 2 is 1.91 bits per heavy atom. The summed E-state index contributed by atoms with van der Waals surface area (Å²) in [5, 5.41) is 3.37. The first kappa shape index (κ1) is 15.8. The molecule has 2 saturated heterocycles. The van der Waals surface area contributed by atoms with Crippen molar-refractivity contribution < 1.29 is 9.59 Å². The lowest BCUT2D eigenvalue weighted by atomic mass is 9.91. The van der Waals surface area contributed by atoms with Gasteiger partial charge in [-0.25, -0.2) is 0 Å². The Bertz CT molecular complexity index is 480. The van der Waals surface area contributed by atoms with E-state index in [4.69, 9.17) is 0 Å². The summed E-state index contributed by atoms with van der Waals surface area (Å²) in [5.74, 6) is 0.454. The lowest BCUT2D eigenvalue weighted by Crippen LogP contribution is -2.65. The number of rotatable bonds is 2. The largest absolute Gasteiger partial charge is 0.332 e. The van der Waals surface area contributed by atoms with Gasteiger partial charge in [0, 0.05) is 18.5 Å². The molecule has 1 unspecified atom stereocenters. The van der Waals surface area contributed by atoms with Crippen LogP contribution in [0.15, 0.2) is 0 Å². The Balaban J connectivity index is 1.69. The molecule has 0 bridgehead atoms. The number of nitrogens with one attached hydrogen (secondary N) is 1. The van der Waals surface area contributed by atoms with Gasteiger partial charge < -0.3 is 15.1 Å². The van der Waals surface area contributed by atoms with Crippen LogP contribution < -0.4 is 5.32 Å². The zero-order valence-corrected chi connectivity index (χ0v) is 14.3. The van der Waals surface area contributed by atoms with E-state index in [1.54, 1.807) is 0 Å². The highest BCUT2D eigenvalue weighted by molar-refractivity contribution is 5.89. The highest BCUT2D eigenvalue weighted by atomic mass is 16.2. The molecule has 3 rings (SSSR count). The molecular formula is C17H29N3O2. The predicted molar refractivity (Wildman–Crippen MR) is 85.3 cm³/mol. The van der Waals surface area contributed by atoms with Crippen LogP contribution in [0.3, 0.4) is 0 Å². The van der Waals surface area contributed by atoms with E-state index in [9.17, 15) is 9.59 Å². The second-order valence-corrected chi connectivity index (χ2v) is 8.23. The molecule has 3 aliphatic rings. The van der Waals surface area contributed by atoms with Crippen LogP contribution in [-0.4, -0.2) is 59.4 Å². The lowest BCUT2D eigenvalue weighted by molar-refractivity contribution is -0.156. The average Bonchev–Trinajstić information content (AvgIpc) is 3.09. The minimum atomic E-state index is -0.282. The first-order valence-electron chi connectivity index (χ1n) is 8.58. The summed E-state index contributed by atoms with van der Waals surface area (Å²) in [7, 11) is 0. The SMILES string of the molecule is CC(C)N1C(=O)CN(C(=O)C2CC23CCNCC3)CC1(C)C. The molecule has 1 aliphatic carbocycles. The molecule has 124 valence electrons. The van der Waals surface area contributed by atoms with Gasteiger partial charge in [-0.1, -0.05) is 0 Å². The van der Waals surface area contributed by atoms with Gasteiger partial charge in [-0.05, 0) is 65.5 Å². The standard InChI is InChI=1S/C17H29N3O2/c1-12(2)20-14(21)10-19(11-16(20,3)4)15(22)13-9-17(13)5-7-18-8-6-17/h12-13,18H,5-11H2,1-4H3. The third-order valence-corrected chi connectivity index (χ3v) is 5.74. The minimum Gasteiger partial charge on any atom is -0.332 e. The summed E-state index contributed by atoms with van der Waals surface area (Å²) >= 11 is 0. The molecule has 0 aromatic rings. The van der Waals surface area contributed by atoms with Gasteiger partial charge in [0.15, 0.2) is 0 Å². The van der Waals surface area contributed by atoms with Gasteiger partial charge in [0.25, 0.3) is 0 Å². The Morgan fingerprint density at radius 3 is 2.45 bits per heavy atom. The fourth-order valence-corrected chi connectivity index (χ4v) is 4.71. The van der Waals surface area contributed by atoms with Crippen LogP contribution in [-0.2, 0) is 9.59 Å². The van der Waals surface area contributed by atoms with Crippen LogP contribution in [0.4, 0.5) is 0 Å². The number of carbonyl (C=O) groups is 2. The molecule has 1 spiro atoms. The van der Waals surface area contributed by atoms with Crippen molar-refractivity contribution in [3.05, 3.63) is 0 Å². The van der Waals surface area contributed by atoms with E-state index in [2.05, 4.69) is 19.2 Å². The van der Waals surface area contributed by atoms with Crippen molar-refractivity contribution in [3.63, 3.8) is 0 Å². The Morgan fingerprint density at radius 1 is 1.27 bits per heavy atom. The summed E-state index contributed by atoms with van der Waals surface area (Å²) < 4.78 is 0. The molecule has 3 fully saturated rings. The molecule has 1 saturated carbocycles. The van der Waals surface area contributed by atoms with Crippen LogP contribution >= 0.6 is 0 Å². The van der Waals surface area contributed by atoms with Gasteiger partial charge in [-0.3, -0.25) is 9.59 Å². The van der Waals surface area contributed by atoms with Gasteiger partial charge in [-0.2, -0.15) is 0 Å². The van der Waals surface area contributed by atoms with Crippen molar-refractivity contribution in [2.75, 3.05) is 26.2 Å². The summed E-state index contributed by atoms with van der Waals surface area (Å²) in [5.41, 5.74) is -0.0416. The number of piperidine rings is 1. The maximum absolute atomic E-state index is 12.9. The summed E-state index contributed by atoms with van der Waals surface area (Å²) in [6.07, 6.45) is 3.23. The van der Waals surface area contributed by atoms with E-state index in [1.165, 1.54) is 0 Å². The molecule has 22 heavy (non-hydrogen) atoms.